The molecule has 0 amide bonds. The summed E-state index contributed by atoms with van der Waals surface area (Å²) in [6.07, 6.45) is 4.99. The van der Waals surface area contributed by atoms with Crippen molar-refractivity contribution in [1.82, 2.24) is 0 Å². The average molecular weight is 240 g/mol. The van der Waals surface area contributed by atoms with Crippen LogP contribution in [0.2, 0.25) is 0 Å². The van der Waals surface area contributed by atoms with E-state index in [-0.39, 0.29) is 29.0 Å². The summed E-state index contributed by atoms with van der Waals surface area (Å²) in [4.78, 5) is 0. The second-order valence-electron chi connectivity index (χ2n) is 7.64. The fourth-order valence-electron chi connectivity index (χ4n) is 3.93. The number of hydrogen-bond donors (Lipinski definition) is 2. The summed E-state index contributed by atoms with van der Waals surface area (Å²) in [5.74, 6) is 0.603. The van der Waals surface area contributed by atoms with Crippen LogP contribution in [0.3, 0.4) is 0 Å². The maximum atomic E-state index is 10.7. The van der Waals surface area contributed by atoms with Gasteiger partial charge in [0, 0.05) is 5.92 Å². The standard InChI is InChI=1S/C15H28O2/c1-14(2)8-5-6-10-7-9-15(3,4)13(17)11(10)12(14)16/h10-13,16-17H,5-9H2,1-4H3. The summed E-state index contributed by atoms with van der Waals surface area (Å²) >= 11 is 0. The number of hydrogen-bond acceptors (Lipinski definition) is 2. The minimum Gasteiger partial charge on any atom is -0.392 e. The lowest BCUT2D eigenvalue weighted by molar-refractivity contribution is -0.128. The van der Waals surface area contributed by atoms with Gasteiger partial charge in [-0.2, -0.15) is 0 Å². The summed E-state index contributed by atoms with van der Waals surface area (Å²) in [5, 5.41) is 21.3. The molecule has 0 radical (unpaired) electrons. The average Bonchev–Trinajstić information content (AvgIpc) is 2.33. The zero-order chi connectivity index (χ0) is 12.8. The molecule has 2 rings (SSSR count). The van der Waals surface area contributed by atoms with Crippen LogP contribution in [0.15, 0.2) is 0 Å². The van der Waals surface area contributed by atoms with Crippen LogP contribution in [-0.4, -0.2) is 22.4 Å². The van der Waals surface area contributed by atoms with Crippen LogP contribution in [0.4, 0.5) is 0 Å². The highest BCUT2D eigenvalue weighted by atomic mass is 16.3. The minimum absolute atomic E-state index is 0.0391. The van der Waals surface area contributed by atoms with E-state index in [0.29, 0.717) is 5.92 Å². The van der Waals surface area contributed by atoms with Gasteiger partial charge in [0.1, 0.15) is 0 Å². The monoisotopic (exact) mass is 240 g/mol. The quantitative estimate of drug-likeness (QED) is 0.683. The Balaban J connectivity index is 2.28. The molecular weight excluding hydrogens is 212 g/mol. The first-order valence-electron chi connectivity index (χ1n) is 7.12. The summed E-state index contributed by atoms with van der Waals surface area (Å²) in [6.45, 7) is 8.57. The van der Waals surface area contributed by atoms with Crippen LogP contribution in [-0.2, 0) is 0 Å². The molecule has 2 N–H and O–H groups in total. The van der Waals surface area contributed by atoms with Crippen molar-refractivity contribution in [1.29, 1.82) is 0 Å². The van der Waals surface area contributed by atoms with Crippen LogP contribution in [0.25, 0.3) is 0 Å². The van der Waals surface area contributed by atoms with Crippen LogP contribution in [0.1, 0.15) is 59.8 Å². The molecule has 2 saturated carbocycles. The van der Waals surface area contributed by atoms with Gasteiger partial charge in [0.05, 0.1) is 12.2 Å². The van der Waals surface area contributed by atoms with E-state index in [4.69, 9.17) is 0 Å². The molecule has 0 bridgehead atoms. The van der Waals surface area contributed by atoms with E-state index >= 15 is 0 Å². The molecule has 100 valence electrons. The van der Waals surface area contributed by atoms with E-state index in [1.807, 2.05) is 0 Å². The second kappa shape index (κ2) is 4.24. The smallest absolute Gasteiger partial charge is 0.0646 e. The predicted octanol–water partition coefficient (Wildman–Crippen LogP) is 2.97. The molecule has 4 unspecified atom stereocenters. The third-order valence-electron chi connectivity index (χ3n) is 5.43. The number of fused-ring (bicyclic) bond motifs is 1. The third-order valence-corrected chi connectivity index (χ3v) is 5.43. The maximum Gasteiger partial charge on any atom is 0.0646 e. The van der Waals surface area contributed by atoms with Gasteiger partial charge in [-0.1, -0.05) is 34.1 Å². The Bertz CT molecular complexity index is 283. The first-order chi connectivity index (χ1) is 7.76. The van der Waals surface area contributed by atoms with E-state index in [1.165, 1.54) is 19.3 Å². The molecule has 0 saturated heterocycles. The molecule has 0 spiro atoms. The van der Waals surface area contributed by atoms with Crippen molar-refractivity contribution in [3.05, 3.63) is 0 Å². The summed E-state index contributed by atoms with van der Waals surface area (Å²) in [5.41, 5.74) is -0.0869. The summed E-state index contributed by atoms with van der Waals surface area (Å²) < 4.78 is 0. The molecule has 17 heavy (non-hydrogen) atoms. The maximum absolute atomic E-state index is 10.7. The Morgan fingerprint density at radius 1 is 0.824 bits per heavy atom. The van der Waals surface area contributed by atoms with Gasteiger partial charge >= 0.3 is 0 Å². The molecule has 0 heterocycles. The van der Waals surface area contributed by atoms with E-state index in [0.717, 1.165) is 12.8 Å². The first-order valence-corrected chi connectivity index (χ1v) is 7.12. The van der Waals surface area contributed by atoms with Gasteiger partial charge in [0.25, 0.3) is 0 Å². The van der Waals surface area contributed by atoms with Crippen LogP contribution in [0.5, 0.6) is 0 Å². The molecule has 2 aliphatic carbocycles. The Morgan fingerprint density at radius 2 is 1.35 bits per heavy atom. The van der Waals surface area contributed by atoms with E-state index in [9.17, 15) is 10.2 Å². The minimum atomic E-state index is -0.357. The molecule has 2 nitrogen and oxygen atoms in total. The molecule has 2 heteroatoms. The van der Waals surface area contributed by atoms with Crippen molar-refractivity contribution in [2.45, 2.75) is 72.0 Å². The predicted molar refractivity (Wildman–Crippen MR) is 69.6 cm³/mol. The lowest BCUT2D eigenvalue weighted by Crippen LogP contribution is -2.52. The molecular formula is C15H28O2. The zero-order valence-electron chi connectivity index (χ0n) is 11.7. The number of aliphatic hydroxyl groups is 2. The van der Waals surface area contributed by atoms with Crippen LogP contribution in [0, 0.1) is 22.7 Å². The second-order valence-corrected chi connectivity index (χ2v) is 7.64. The van der Waals surface area contributed by atoms with Crippen molar-refractivity contribution in [3.63, 3.8) is 0 Å². The Morgan fingerprint density at radius 3 is 1.94 bits per heavy atom. The zero-order valence-corrected chi connectivity index (χ0v) is 11.7. The number of aliphatic hydroxyl groups excluding tert-OH is 2. The van der Waals surface area contributed by atoms with Gasteiger partial charge in [-0.15, -0.1) is 0 Å². The van der Waals surface area contributed by atoms with Crippen molar-refractivity contribution < 1.29 is 10.2 Å². The molecule has 2 aliphatic rings. The lowest BCUT2D eigenvalue weighted by atomic mass is 9.61. The molecule has 0 aliphatic heterocycles. The summed E-state index contributed by atoms with van der Waals surface area (Å²) in [7, 11) is 0. The highest BCUT2D eigenvalue weighted by Gasteiger charge is 2.50. The highest BCUT2D eigenvalue weighted by molar-refractivity contribution is 5.00. The lowest BCUT2D eigenvalue weighted by Gasteiger charge is -2.48. The van der Waals surface area contributed by atoms with Crippen molar-refractivity contribution in [2.24, 2.45) is 22.7 Å². The SMILES string of the molecule is CC1(C)CCCC2CCC(C)(C)C(O)C2C1O. The number of rotatable bonds is 0. The van der Waals surface area contributed by atoms with Gasteiger partial charge in [-0.25, -0.2) is 0 Å². The van der Waals surface area contributed by atoms with Crippen molar-refractivity contribution >= 4 is 0 Å². The fourth-order valence-corrected chi connectivity index (χ4v) is 3.93. The van der Waals surface area contributed by atoms with Crippen LogP contribution >= 0.6 is 0 Å². The largest absolute Gasteiger partial charge is 0.392 e. The molecule has 4 atom stereocenters. The molecule has 0 aromatic heterocycles. The van der Waals surface area contributed by atoms with Crippen LogP contribution < -0.4 is 0 Å². The van der Waals surface area contributed by atoms with Gasteiger partial charge in [-0.3, -0.25) is 0 Å². The van der Waals surface area contributed by atoms with Crippen molar-refractivity contribution in [3.8, 4) is 0 Å². The Hall–Kier alpha value is -0.0800. The Kier molecular flexibility index (Phi) is 3.33. The molecule has 0 aromatic carbocycles. The van der Waals surface area contributed by atoms with E-state index in [2.05, 4.69) is 27.7 Å². The normalized spacial score (nSPS) is 44.8. The molecule has 2 fully saturated rings. The first kappa shape index (κ1) is 13.4. The molecule has 0 aromatic rings. The summed E-state index contributed by atoms with van der Waals surface area (Å²) in [6, 6.07) is 0. The topological polar surface area (TPSA) is 40.5 Å². The van der Waals surface area contributed by atoms with E-state index < -0.39 is 0 Å². The van der Waals surface area contributed by atoms with Gasteiger partial charge in [0.15, 0.2) is 0 Å². The van der Waals surface area contributed by atoms with Crippen molar-refractivity contribution in [2.75, 3.05) is 0 Å². The van der Waals surface area contributed by atoms with Gasteiger partial charge < -0.3 is 10.2 Å². The third kappa shape index (κ3) is 2.26. The fraction of sp³-hybridized carbons (Fsp3) is 1.00. The van der Waals surface area contributed by atoms with E-state index in [1.54, 1.807) is 0 Å². The Labute approximate surface area is 105 Å². The highest BCUT2D eigenvalue weighted by Crippen LogP contribution is 2.50. The van der Waals surface area contributed by atoms with Gasteiger partial charge in [-0.05, 0) is 42.4 Å². The van der Waals surface area contributed by atoms with Gasteiger partial charge in [0.2, 0.25) is 0 Å².